The fourth-order valence-corrected chi connectivity index (χ4v) is 3.35. The van der Waals surface area contributed by atoms with Crippen molar-refractivity contribution in [2.75, 3.05) is 0 Å². The first-order valence-electron chi connectivity index (χ1n) is 6.85. The summed E-state index contributed by atoms with van der Waals surface area (Å²) in [4.78, 5) is 0. The van der Waals surface area contributed by atoms with Gasteiger partial charge in [0.25, 0.3) is 0 Å². The minimum atomic E-state index is -0.289. The number of hydrogen-bond acceptors (Lipinski definition) is 1. The quantitative estimate of drug-likeness (QED) is 0.758. The van der Waals surface area contributed by atoms with Gasteiger partial charge in [-0.25, -0.2) is 0 Å². The van der Waals surface area contributed by atoms with Crippen molar-refractivity contribution >= 4 is 10.5 Å². The van der Waals surface area contributed by atoms with Crippen LogP contribution in [0.25, 0.3) is 0 Å². The molecule has 0 fully saturated rings. The molecule has 0 spiro atoms. The Morgan fingerprint density at radius 1 is 0.895 bits per heavy atom. The van der Waals surface area contributed by atoms with Crippen LogP contribution in [0, 0.1) is 5.92 Å². The first-order valence-corrected chi connectivity index (χ1v) is 7.67. The Morgan fingerprint density at radius 2 is 1.32 bits per heavy atom. The third-order valence-corrected chi connectivity index (χ3v) is 4.22. The van der Waals surface area contributed by atoms with Gasteiger partial charge in [-0.2, -0.15) is 0 Å². The van der Waals surface area contributed by atoms with Crippen LogP contribution in [0.3, 0.4) is 0 Å². The van der Waals surface area contributed by atoms with Crippen LogP contribution in [0.1, 0.15) is 31.4 Å². The Hall–Kier alpha value is -1.38. The Kier molecular flexibility index (Phi) is 4.56. The van der Waals surface area contributed by atoms with E-state index in [0.717, 1.165) is 16.9 Å². The topological polar surface area (TPSA) is 9.23 Å². The normalized spacial score (nSPS) is 11.9. The number of benzene rings is 2. The summed E-state index contributed by atoms with van der Waals surface area (Å²) in [6.45, 7) is 4.50. The zero-order valence-corrected chi connectivity index (χ0v) is 14.0. The van der Waals surface area contributed by atoms with Crippen molar-refractivity contribution in [2.45, 2.75) is 25.9 Å². The van der Waals surface area contributed by atoms with Crippen LogP contribution in [-0.2, 0) is 10.0 Å². The maximum atomic E-state index is 6.16. The van der Waals surface area contributed by atoms with E-state index >= 15 is 0 Å². The molecule has 19 heavy (non-hydrogen) atoms. The fourth-order valence-electron chi connectivity index (χ4n) is 2.71. The van der Waals surface area contributed by atoms with Gasteiger partial charge in [-0.15, -0.1) is 0 Å². The molecule has 100 valence electrons. The second-order valence-corrected chi connectivity index (χ2v) is 5.77. The van der Waals surface area contributed by atoms with Crippen molar-refractivity contribution in [3.05, 3.63) is 71.8 Å². The van der Waals surface area contributed by atoms with E-state index in [1.54, 1.807) is 0 Å². The van der Waals surface area contributed by atoms with Crippen LogP contribution in [0.15, 0.2) is 60.7 Å². The average Bonchev–Trinajstić information content (AvgIpc) is 2.46. The maximum Gasteiger partial charge on any atom is 0.147 e. The molecule has 2 aromatic rings. The highest BCUT2D eigenvalue weighted by Crippen LogP contribution is 2.38. The summed E-state index contributed by atoms with van der Waals surface area (Å²) in [6, 6.07) is 21.2. The van der Waals surface area contributed by atoms with E-state index in [0.29, 0.717) is 5.92 Å². The minimum absolute atomic E-state index is 0.289. The van der Waals surface area contributed by atoms with Crippen molar-refractivity contribution < 1.29 is 4.43 Å². The molecule has 0 N–H and O–H groups in total. The molecule has 2 aromatic carbocycles. The van der Waals surface area contributed by atoms with Crippen molar-refractivity contribution in [1.82, 2.24) is 0 Å². The smallest absolute Gasteiger partial charge is 0.147 e. The highest BCUT2D eigenvalue weighted by atomic mass is 28.2. The lowest BCUT2D eigenvalue weighted by molar-refractivity contribution is 0.0978. The molecule has 0 aliphatic rings. The molecule has 0 unspecified atom stereocenters. The molecule has 0 radical (unpaired) electrons. The molecule has 0 aliphatic carbocycles. The van der Waals surface area contributed by atoms with Gasteiger partial charge in [-0.3, -0.25) is 0 Å². The van der Waals surface area contributed by atoms with Gasteiger partial charge >= 0.3 is 0 Å². The summed E-state index contributed by atoms with van der Waals surface area (Å²) < 4.78 is 6.16. The molecule has 0 aliphatic heterocycles. The largest absolute Gasteiger partial charge is 0.414 e. The summed E-state index contributed by atoms with van der Waals surface area (Å²) >= 11 is 0. The van der Waals surface area contributed by atoms with Crippen molar-refractivity contribution in [3.63, 3.8) is 0 Å². The van der Waals surface area contributed by atoms with Gasteiger partial charge in [-0.1, -0.05) is 74.5 Å². The molecule has 0 aromatic heterocycles. The lowest BCUT2D eigenvalue weighted by Crippen LogP contribution is -2.32. The average molecular weight is 270 g/mol. The monoisotopic (exact) mass is 270 g/mol. The Labute approximate surface area is 119 Å². The summed E-state index contributed by atoms with van der Waals surface area (Å²) in [5.74, 6) is 0.578. The van der Waals surface area contributed by atoms with Crippen LogP contribution in [0.4, 0.5) is 0 Å². The third kappa shape index (κ3) is 2.96. The molecule has 2 rings (SSSR count). The number of rotatable bonds is 5. The SMILES string of the molecule is CC(C)CC(O[SiH3])(c1ccccc1)c1ccccc1. The van der Waals surface area contributed by atoms with Crippen molar-refractivity contribution in [3.8, 4) is 0 Å². The summed E-state index contributed by atoms with van der Waals surface area (Å²) in [6.07, 6.45) is 1.00. The van der Waals surface area contributed by atoms with Gasteiger partial charge in [0, 0.05) is 0 Å². The Bertz CT molecular complexity index is 454. The first kappa shape index (κ1) is 14.0. The van der Waals surface area contributed by atoms with E-state index in [1.807, 2.05) is 0 Å². The van der Waals surface area contributed by atoms with E-state index in [9.17, 15) is 0 Å². The molecule has 0 atom stereocenters. The van der Waals surface area contributed by atoms with E-state index in [2.05, 4.69) is 74.5 Å². The first-order chi connectivity index (χ1) is 9.19. The molecule has 0 saturated carbocycles. The molecule has 0 bridgehead atoms. The van der Waals surface area contributed by atoms with E-state index in [1.165, 1.54) is 11.1 Å². The van der Waals surface area contributed by atoms with Crippen LogP contribution in [0.5, 0.6) is 0 Å². The molecule has 0 saturated heterocycles. The van der Waals surface area contributed by atoms with Gasteiger partial charge in [0.1, 0.15) is 16.1 Å². The van der Waals surface area contributed by atoms with Gasteiger partial charge in [0.2, 0.25) is 0 Å². The highest BCUT2D eigenvalue weighted by molar-refractivity contribution is 5.98. The maximum absolute atomic E-state index is 6.16. The zero-order chi connectivity index (χ0) is 13.7. The predicted octanol–water partition coefficient (Wildman–Crippen LogP) is 3.27. The third-order valence-electron chi connectivity index (χ3n) is 3.52. The highest BCUT2D eigenvalue weighted by Gasteiger charge is 2.34. The van der Waals surface area contributed by atoms with Crippen LogP contribution in [-0.4, -0.2) is 10.5 Å². The van der Waals surface area contributed by atoms with E-state index < -0.39 is 0 Å². The molecule has 0 amide bonds. The van der Waals surface area contributed by atoms with Crippen LogP contribution < -0.4 is 0 Å². The van der Waals surface area contributed by atoms with Crippen molar-refractivity contribution in [2.24, 2.45) is 5.92 Å². The second kappa shape index (κ2) is 6.18. The fraction of sp³-hybridized carbons (Fsp3) is 0.294. The van der Waals surface area contributed by atoms with Gasteiger partial charge in [0.15, 0.2) is 0 Å². The molecular weight excluding hydrogens is 248 g/mol. The summed E-state index contributed by atoms with van der Waals surface area (Å²) in [5.41, 5.74) is 2.22. The van der Waals surface area contributed by atoms with E-state index in [-0.39, 0.29) is 5.60 Å². The van der Waals surface area contributed by atoms with Gasteiger partial charge in [-0.05, 0) is 23.5 Å². The lowest BCUT2D eigenvalue weighted by atomic mass is 9.80. The molecular formula is C17H22OSi. The minimum Gasteiger partial charge on any atom is -0.414 e. The summed E-state index contributed by atoms with van der Waals surface area (Å²) in [7, 11) is 0.721. The zero-order valence-electron chi connectivity index (χ0n) is 12.0. The van der Waals surface area contributed by atoms with Gasteiger partial charge < -0.3 is 4.43 Å². The molecule has 2 heteroatoms. The van der Waals surface area contributed by atoms with Crippen molar-refractivity contribution in [1.29, 1.82) is 0 Å². The molecule has 0 heterocycles. The Morgan fingerprint density at radius 3 is 1.63 bits per heavy atom. The Balaban J connectivity index is 2.55. The van der Waals surface area contributed by atoms with Gasteiger partial charge in [0.05, 0.1) is 0 Å². The lowest BCUT2D eigenvalue weighted by Gasteiger charge is -2.36. The predicted molar refractivity (Wildman–Crippen MR) is 84.1 cm³/mol. The van der Waals surface area contributed by atoms with Crippen LogP contribution in [0.2, 0.25) is 0 Å². The number of hydrogen-bond donors (Lipinski definition) is 0. The van der Waals surface area contributed by atoms with E-state index in [4.69, 9.17) is 4.43 Å². The second-order valence-electron chi connectivity index (χ2n) is 5.36. The standard InChI is InChI=1S/C17H22OSi/c1-14(2)13-17(18-19,15-9-5-3-6-10-15)16-11-7-4-8-12-16/h3-12,14H,13H2,1-2,19H3. The molecule has 1 nitrogen and oxygen atoms in total. The summed E-state index contributed by atoms with van der Waals surface area (Å²) in [5, 5.41) is 0. The van der Waals surface area contributed by atoms with Crippen LogP contribution >= 0.6 is 0 Å².